The molecule has 7 aromatic rings. The summed E-state index contributed by atoms with van der Waals surface area (Å²) in [5.41, 5.74) is 8.49. The largest absolute Gasteiger partial charge is 0.508 e. The number of aromatic hydroxyl groups is 3. The van der Waals surface area contributed by atoms with Crippen LogP contribution in [-0.2, 0) is 80.0 Å². The van der Waals surface area contributed by atoms with Gasteiger partial charge in [0.25, 0.3) is 5.91 Å². The van der Waals surface area contributed by atoms with E-state index in [-0.39, 0.29) is 55.2 Å². The van der Waals surface area contributed by atoms with E-state index in [9.17, 15) is 74.7 Å². The molecule has 1 aromatic heterocycles. The summed E-state index contributed by atoms with van der Waals surface area (Å²) in [4.78, 5) is 167. The fourth-order valence-electron chi connectivity index (χ4n) is 15.2. The molecule has 10 amide bonds. The molecule has 0 aliphatic carbocycles. The number of primary amides is 2. The van der Waals surface area contributed by atoms with Gasteiger partial charge in [-0.3, -0.25) is 57.4 Å². The van der Waals surface area contributed by atoms with E-state index < -0.39 is 277 Å². The summed E-state index contributed by atoms with van der Waals surface area (Å²) in [7, 11) is 1.46. The lowest BCUT2D eigenvalue weighted by molar-refractivity contribution is -0.334. The molecule has 0 saturated carbocycles. The van der Waals surface area contributed by atoms with Crippen molar-refractivity contribution in [2.75, 3.05) is 32.1 Å². The molecule has 128 heavy (non-hydrogen) atoms. The van der Waals surface area contributed by atoms with Gasteiger partial charge in [-0.15, -0.1) is 0 Å². The van der Waals surface area contributed by atoms with Crippen molar-refractivity contribution in [2.24, 2.45) is 17.4 Å². The number of anilines is 1. The third kappa shape index (κ3) is 22.0. The van der Waals surface area contributed by atoms with E-state index in [2.05, 4.69) is 52.8 Å². The molecule has 0 spiro atoms. The number of hydrogen-bond donors (Lipinski definition) is 21. The maximum Gasteiger partial charge on any atom is 0.349 e. The van der Waals surface area contributed by atoms with Gasteiger partial charge in [0.05, 0.1) is 51.4 Å². The number of likely N-dealkylation sites (N-methyl/N-ethyl adjacent to an activating group) is 1. The zero-order chi connectivity index (χ0) is 92.8. The molecule has 41 nitrogen and oxygen atoms in total. The number of hydroxylamine groups is 1. The molecular weight excluding hydrogens is 1770 g/mol. The van der Waals surface area contributed by atoms with Crippen LogP contribution in [0.1, 0.15) is 117 Å². The van der Waals surface area contributed by atoms with Gasteiger partial charge in [-0.2, -0.15) is 4.98 Å². The van der Waals surface area contributed by atoms with Crippen molar-refractivity contribution < 1.29 is 127 Å². The Balaban J connectivity index is 0.990. The second-order valence-electron chi connectivity index (χ2n) is 31.5. The molecule has 2 fully saturated rings. The van der Waals surface area contributed by atoms with Crippen molar-refractivity contribution in [3.8, 4) is 57.1 Å². The average molecular weight is 1860 g/mol. The number of rotatable bonds is 24. The van der Waals surface area contributed by atoms with Gasteiger partial charge in [-0.05, 0) is 146 Å². The van der Waals surface area contributed by atoms with Gasteiger partial charge in [0.1, 0.15) is 101 Å². The molecular formula is C83H92Cl4N14O27. The molecule has 684 valence electrons. The number of hydrogen-bond acceptors (Lipinski definition) is 30. The maximum absolute atomic E-state index is 16.3. The Labute approximate surface area is 747 Å². The highest BCUT2D eigenvalue weighted by atomic mass is 35.5. The zero-order valence-electron chi connectivity index (χ0n) is 68.6. The minimum absolute atomic E-state index is 0.0104. The summed E-state index contributed by atoms with van der Waals surface area (Å²) >= 11 is 26.5. The van der Waals surface area contributed by atoms with E-state index in [0.29, 0.717) is 16.5 Å². The molecule has 0 unspecified atom stereocenters. The number of aliphatic hydroxyl groups is 6. The number of nitrogens with zero attached hydrogens (tertiary/aromatic N) is 2. The summed E-state index contributed by atoms with van der Waals surface area (Å²) in [6.45, 7) is 4.59. The Morgan fingerprint density at radius 2 is 1.34 bits per heavy atom. The molecule has 6 aromatic carbocycles. The van der Waals surface area contributed by atoms with Crippen molar-refractivity contribution >= 4 is 111 Å². The molecule has 18 atom stereocenters. The number of amides is 10. The minimum Gasteiger partial charge on any atom is -0.508 e. The molecule has 11 bridgehead atoms. The van der Waals surface area contributed by atoms with Crippen LogP contribution in [0.2, 0.25) is 20.1 Å². The van der Waals surface area contributed by atoms with Crippen LogP contribution in [-0.4, -0.2) is 220 Å². The Kier molecular flexibility index (Phi) is 30.4. The fourth-order valence-corrected chi connectivity index (χ4v) is 16.0. The van der Waals surface area contributed by atoms with Crippen LogP contribution in [0.3, 0.4) is 0 Å². The van der Waals surface area contributed by atoms with Crippen LogP contribution in [0.4, 0.5) is 5.82 Å². The molecule has 8 heterocycles. The van der Waals surface area contributed by atoms with Gasteiger partial charge >= 0.3 is 5.69 Å². The monoisotopic (exact) mass is 1860 g/mol. The van der Waals surface area contributed by atoms with Crippen molar-refractivity contribution in [1.82, 2.24) is 57.6 Å². The fraction of sp³-hybridized carbons (Fsp3) is 0.398. The van der Waals surface area contributed by atoms with E-state index in [1.54, 1.807) is 39.0 Å². The first-order valence-corrected chi connectivity index (χ1v) is 41.4. The first-order chi connectivity index (χ1) is 60.7. The average Bonchev–Trinajstić information content (AvgIpc) is 0.755. The first-order valence-electron chi connectivity index (χ1n) is 39.9. The number of nitrogens with two attached hydrogens (primary N) is 2. The number of carbonyl (C=O) groups is 10. The minimum atomic E-state index is -2.42. The maximum atomic E-state index is 16.3. The topological polar surface area (TPSA) is 625 Å². The second-order valence-corrected chi connectivity index (χ2v) is 33.1. The number of fused-ring (bicyclic) bond motifs is 15. The van der Waals surface area contributed by atoms with Gasteiger partial charge in [-0.1, -0.05) is 84.5 Å². The first kappa shape index (κ1) is 95.5. The Morgan fingerprint density at radius 3 is 1.98 bits per heavy atom. The standard InChI is InChI=1S/C83H92Cl4N14O27/c1-33(2)20-47(90-5)74(114)98-65-67(109)37-9-13-51(45(86)23-37)124-53-25-39-26-54(71(53)128-81-72(70(112)69(111)55(31-102)126-81)127-60-30-83(4,73(113)34(3)123-60)91-17-19-101-18-16-58(94-82(101)121)93-59(108)15-7-35-6-11-43(84)44(85)21-35)125-52-14-10-38(24-46(52)87)68(110)66-79(119)97-64(80(120)100-122-32-57(89)107)42-27-40(103)28-50(105)61(42)41-22-36(8-12-49(41)104)62(76(116)99-66)96-77(117)63(39)95-75(115)48(29-56(88)106)92-78(65)118/h6,8-14,16,18,21-28,33-34,47-48,55,60,62-70,72-73,81,90-91,102-105,109-113H,7,15,17,19-20,29-32H2,1-5H3,(H2,88,106)(H2,89,107)(H,92,118)(H,95,115)(H,96,117)(H,97,119)(H,98,114)(H,99,116)(H,100,120)(H,93,94,108,121)/t34-,47+,48-,55+,60-,62+,63+,64+,65+,66-,67+,68+,69+,70-,72+,73+,81-,83-/m0/s1. The van der Waals surface area contributed by atoms with Crippen LogP contribution in [0, 0.1) is 5.92 Å². The number of phenols is 3. The summed E-state index contributed by atoms with van der Waals surface area (Å²) in [5, 5.41) is 130. The Hall–Kier alpha value is -11.6. The van der Waals surface area contributed by atoms with E-state index in [4.69, 9.17) is 91.1 Å². The van der Waals surface area contributed by atoms with E-state index in [0.717, 1.165) is 72.3 Å². The molecule has 23 N–H and O–H groups in total. The molecule has 45 heteroatoms. The lowest BCUT2D eigenvalue weighted by atomic mass is 9.85. The van der Waals surface area contributed by atoms with Gasteiger partial charge in [0.2, 0.25) is 65.2 Å². The number of benzene rings is 6. The predicted octanol–water partition coefficient (Wildman–Crippen LogP) is 1.32. The third-order valence-corrected chi connectivity index (χ3v) is 23.1. The smallest absolute Gasteiger partial charge is 0.349 e. The highest BCUT2D eigenvalue weighted by Crippen LogP contribution is 2.50. The number of ether oxygens (including phenoxy) is 6. The van der Waals surface area contributed by atoms with Gasteiger partial charge < -0.3 is 134 Å². The highest BCUT2D eigenvalue weighted by Gasteiger charge is 2.52. The second kappa shape index (κ2) is 40.8. The van der Waals surface area contributed by atoms with Crippen LogP contribution in [0.15, 0.2) is 114 Å². The number of carbonyl (C=O) groups excluding carboxylic acids is 10. The normalized spacial score (nSPS) is 25.6. The van der Waals surface area contributed by atoms with Gasteiger partial charge in [0.15, 0.2) is 30.5 Å². The summed E-state index contributed by atoms with van der Waals surface area (Å²) in [6.07, 6.45) is -18.0. The van der Waals surface area contributed by atoms with Crippen molar-refractivity contribution in [2.45, 2.75) is 176 Å². The SMILES string of the molecule is CN[C@H](CC(C)C)C(=O)N[C@H]1C(=O)N[C@@H](CC(N)=O)C(=O)N[C@H]2C(=O)N[C@H]3C(=O)N[C@H](C(=O)N[C@@H](C(=O)NOCC(N)=O)c4cc(O)cc(O)c4-c4cc3ccc4O)[C@H](O)c3ccc(c(Cl)c3)Oc3cc2cc(c3O[C@@H]2O[C@H](CO)[C@@H](O)[C@H](O)[C@H]2O[C@H]2C[C@](C)(NCCn3ccc(NC(=O)CCc4ccc(Cl)c(Cl)c4)nc3=O)[C@H](O)[C@H](C)O2)Oc2ccc(cc2Cl)[C@H]1O. The number of aryl methyl sites for hydroxylation is 1. The Morgan fingerprint density at radius 1 is 0.688 bits per heavy atom. The van der Waals surface area contributed by atoms with E-state index >= 15 is 24.0 Å². The zero-order valence-corrected chi connectivity index (χ0v) is 71.6. The van der Waals surface area contributed by atoms with Crippen LogP contribution in [0.5, 0.6) is 46.0 Å². The molecule has 7 aliphatic heterocycles. The number of phenolic OH excluding ortho intramolecular Hbond substituents is 3. The Bertz CT molecular complexity index is 5510. The van der Waals surface area contributed by atoms with Crippen molar-refractivity contribution in [3.63, 3.8) is 0 Å². The highest BCUT2D eigenvalue weighted by molar-refractivity contribution is 6.42. The van der Waals surface area contributed by atoms with Crippen LogP contribution >= 0.6 is 46.4 Å². The molecule has 7 aliphatic rings. The summed E-state index contributed by atoms with van der Waals surface area (Å²) in [6, 6.07) is 5.13. The number of halogens is 4. The van der Waals surface area contributed by atoms with Crippen LogP contribution < -0.4 is 84.7 Å². The number of aliphatic hydroxyl groups excluding tert-OH is 6. The quantitative estimate of drug-likeness (QED) is 0.0379. The van der Waals surface area contributed by atoms with E-state index in [1.165, 1.54) is 42.9 Å². The molecule has 0 radical (unpaired) electrons. The lowest BCUT2D eigenvalue weighted by Crippen LogP contribution is -2.65. The van der Waals surface area contributed by atoms with Gasteiger partial charge in [-0.25, -0.2) is 10.3 Å². The third-order valence-electron chi connectivity index (χ3n) is 21.8. The molecule has 14 rings (SSSR count). The summed E-state index contributed by atoms with van der Waals surface area (Å²) < 4.78 is 40.6. The number of aromatic nitrogens is 2. The van der Waals surface area contributed by atoms with Crippen molar-refractivity contribution in [1.29, 1.82) is 0 Å². The van der Waals surface area contributed by atoms with Crippen molar-refractivity contribution in [3.05, 3.63) is 173 Å². The lowest BCUT2D eigenvalue weighted by Gasteiger charge is -2.48. The predicted molar refractivity (Wildman–Crippen MR) is 451 cm³/mol. The summed E-state index contributed by atoms with van der Waals surface area (Å²) in [5.74, 6) is -17.8. The van der Waals surface area contributed by atoms with Crippen LogP contribution in [0.25, 0.3) is 11.1 Å². The van der Waals surface area contributed by atoms with E-state index in [1.807, 2.05) is 5.48 Å². The molecule has 2 saturated heterocycles. The number of nitrogens with one attached hydrogen (secondary N) is 10. The van der Waals surface area contributed by atoms with Gasteiger partial charge in [0, 0.05) is 54.9 Å².